The summed E-state index contributed by atoms with van der Waals surface area (Å²) in [6.45, 7) is 8.87. The van der Waals surface area contributed by atoms with Gasteiger partial charge in [-0.2, -0.15) is 0 Å². The molecule has 1 aliphatic rings. The Morgan fingerprint density at radius 3 is 3.05 bits per heavy atom. The molecule has 2 rings (SSSR count). The highest BCUT2D eigenvalue weighted by molar-refractivity contribution is 5.39. The normalized spacial score (nSPS) is 19.7. The Labute approximate surface area is 116 Å². The van der Waals surface area contributed by atoms with Crippen molar-refractivity contribution < 1.29 is 0 Å². The monoisotopic (exact) mass is 262 g/mol. The topological polar surface area (TPSA) is 41.0 Å². The van der Waals surface area contributed by atoms with Crippen LogP contribution in [0.2, 0.25) is 0 Å². The van der Waals surface area contributed by atoms with Crippen LogP contribution < -0.4 is 10.2 Å². The summed E-state index contributed by atoms with van der Waals surface area (Å²) in [7, 11) is 0. The minimum absolute atomic E-state index is 0.750. The van der Waals surface area contributed by atoms with Crippen LogP contribution in [0.5, 0.6) is 0 Å². The second-order valence-corrected chi connectivity index (χ2v) is 5.38. The number of aromatic nitrogens is 2. The van der Waals surface area contributed by atoms with E-state index in [0.717, 1.165) is 50.0 Å². The standard InChI is InChI=1S/C15H26N4/c1-3-7-16-10-13-6-5-8-19(11-13)15-9-14(4-2)17-12-18-15/h9,12-13,16H,3-8,10-11H2,1-2H3. The first-order valence-electron chi connectivity index (χ1n) is 7.60. The number of rotatable bonds is 6. The first kappa shape index (κ1) is 14.3. The molecule has 0 amide bonds. The summed E-state index contributed by atoms with van der Waals surface area (Å²) >= 11 is 0. The van der Waals surface area contributed by atoms with E-state index < -0.39 is 0 Å². The number of piperidine rings is 1. The van der Waals surface area contributed by atoms with Crippen molar-refractivity contribution in [3.8, 4) is 0 Å². The lowest BCUT2D eigenvalue weighted by Gasteiger charge is -2.33. The van der Waals surface area contributed by atoms with Crippen LogP contribution in [0.25, 0.3) is 0 Å². The van der Waals surface area contributed by atoms with Gasteiger partial charge in [0.15, 0.2) is 0 Å². The van der Waals surface area contributed by atoms with Gasteiger partial charge < -0.3 is 10.2 Å². The third-order valence-electron chi connectivity index (χ3n) is 3.77. The predicted octanol–water partition coefficient (Wildman–Crippen LogP) is 2.25. The molecule has 2 heterocycles. The summed E-state index contributed by atoms with van der Waals surface area (Å²) in [5.74, 6) is 1.85. The number of anilines is 1. The summed E-state index contributed by atoms with van der Waals surface area (Å²) in [6, 6.07) is 2.14. The average molecular weight is 262 g/mol. The van der Waals surface area contributed by atoms with E-state index in [-0.39, 0.29) is 0 Å². The zero-order valence-corrected chi connectivity index (χ0v) is 12.2. The molecule has 0 spiro atoms. The van der Waals surface area contributed by atoms with E-state index in [1.165, 1.54) is 19.3 Å². The molecule has 1 saturated heterocycles. The van der Waals surface area contributed by atoms with Crippen LogP contribution in [0, 0.1) is 5.92 Å². The van der Waals surface area contributed by atoms with Crippen molar-refractivity contribution in [3.05, 3.63) is 18.1 Å². The van der Waals surface area contributed by atoms with E-state index in [1.54, 1.807) is 6.33 Å². The Bertz CT molecular complexity index is 380. The Balaban J connectivity index is 1.92. The summed E-state index contributed by atoms with van der Waals surface area (Å²) in [5.41, 5.74) is 1.14. The van der Waals surface area contributed by atoms with Crippen molar-refractivity contribution in [2.45, 2.75) is 39.5 Å². The van der Waals surface area contributed by atoms with Gasteiger partial charge in [-0.05, 0) is 44.7 Å². The van der Waals surface area contributed by atoms with Gasteiger partial charge in [0.1, 0.15) is 12.1 Å². The van der Waals surface area contributed by atoms with E-state index in [2.05, 4.69) is 40.1 Å². The molecule has 19 heavy (non-hydrogen) atoms. The molecule has 1 N–H and O–H groups in total. The highest BCUT2D eigenvalue weighted by atomic mass is 15.2. The average Bonchev–Trinajstić information content (AvgIpc) is 2.48. The molecular weight excluding hydrogens is 236 g/mol. The fraction of sp³-hybridized carbons (Fsp3) is 0.733. The van der Waals surface area contributed by atoms with Crippen molar-refractivity contribution in [1.82, 2.24) is 15.3 Å². The molecular formula is C15H26N4. The smallest absolute Gasteiger partial charge is 0.132 e. The van der Waals surface area contributed by atoms with E-state index in [4.69, 9.17) is 0 Å². The maximum absolute atomic E-state index is 4.44. The van der Waals surface area contributed by atoms with Gasteiger partial charge in [-0.25, -0.2) is 9.97 Å². The van der Waals surface area contributed by atoms with E-state index >= 15 is 0 Å². The fourth-order valence-electron chi connectivity index (χ4n) is 2.67. The molecule has 1 unspecified atom stereocenters. The molecule has 1 aromatic heterocycles. The molecule has 0 radical (unpaired) electrons. The number of hydrogen-bond acceptors (Lipinski definition) is 4. The molecule has 0 aromatic carbocycles. The zero-order valence-electron chi connectivity index (χ0n) is 12.2. The van der Waals surface area contributed by atoms with Crippen molar-refractivity contribution in [1.29, 1.82) is 0 Å². The van der Waals surface area contributed by atoms with E-state index in [0.29, 0.717) is 0 Å². The van der Waals surface area contributed by atoms with Crippen LogP contribution in [0.3, 0.4) is 0 Å². The second-order valence-electron chi connectivity index (χ2n) is 5.38. The molecule has 4 nitrogen and oxygen atoms in total. The minimum Gasteiger partial charge on any atom is -0.356 e. The van der Waals surface area contributed by atoms with Gasteiger partial charge in [-0.3, -0.25) is 0 Å². The zero-order chi connectivity index (χ0) is 13.5. The molecule has 1 atom stereocenters. The van der Waals surface area contributed by atoms with Crippen molar-refractivity contribution >= 4 is 5.82 Å². The first-order valence-corrected chi connectivity index (χ1v) is 7.60. The number of hydrogen-bond donors (Lipinski definition) is 1. The SMILES string of the molecule is CCCNCC1CCCN(c2cc(CC)ncn2)C1. The quantitative estimate of drug-likeness (QED) is 0.798. The predicted molar refractivity (Wildman–Crippen MR) is 79.5 cm³/mol. The summed E-state index contributed by atoms with van der Waals surface area (Å²) in [5, 5.41) is 3.54. The summed E-state index contributed by atoms with van der Waals surface area (Å²) < 4.78 is 0. The highest BCUT2D eigenvalue weighted by Gasteiger charge is 2.20. The molecule has 1 aromatic rings. The minimum atomic E-state index is 0.750. The van der Waals surface area contributed by atoms with E-state index in [9.17, 15) is 0 Å². The van der Waals surface area contributed by atoms with Crippen LogP contribution in [-0.4, -0.2) is 36.1 Å². The molecule has 0 aliphatic carbocycles. The van der Waals surface area contributed by atoms with Crippen LogP contribution in [-0.2, 0) is 6.42 Å². The molecule has 1 aliphatic heterocycles. The Morgan fingerprint density at radius 2 is 2.26 bits per heavy atom. The highest BCUT2D eigenvalue weighted by Crippen LogP contribution is 2.21. The maximum Gasteiger partial charge on any atom is 0.132 e. The molecule has 106 valence electrons. The molecule has 4 heteroatoms. The fourth-order valence-corrected chi connectivity index (χ4v) is 2.67. The second kappa shape index (κ2) is 7.43. The number of nitrogens with one attached hydrogen (secondary N) is 1. The van der Waals surface area contributed by atoms with Gasteiger partial charge in [0.05, 0.1) is 0 Å². The first-order chi connectivity index (χ1) is 9.33. The van der Waals surface area contributed by atoms with Crippen molar-refractivity contribution in [3.63, 3.8) is 0 Å². The Morgan fingerprint density at radius 1 is 1.37 bits per heavy atom. The van der Waals surface area contributed by atoms with Gasteiger partial charge in [-0.15, -0.1) is 0 Å². The largest absolute Gasteiger partial charge is 0.356 e. The van der Waals surface area contributed by atoms with Crippen LogP contribution in [0.4, 0.5) is 5.82 Å². The van der Waals surface area contributed by atoms with Gasteiger partial charge in [-0.1, -0.05) is 13.8 Å². The summed E-state index contributed by atoms with van der Waals surface area (Å²) in [6.07, 6.45) is 6.49. The maximum atomic E-state index is 4.44. The number of aryl methyl sites for hydroxylation is 1. The Hall–Kier alpha value is -1.16. The molecule has 1 fully saturated rings. The molecule has 0 bridgehead atoms. The molecule has 0 saturated carbocycles. The Kier molecular flexibility index (Phi) is 5.58. The van der Waals surface area contributed by atoms with Gasteiger partial charge in [0, 0.05) is 24.8 Å². The third kappa shape index (κ3) is 4.16. The van der Waals surface area contributed by atoms with Crippen molar-refractivity contribution in [2.75, 3.05) is 31.1 Å². The summed E-state index contributed by atoms with van der Waals surface area (Å²) in [4.78, 5) is 11.1. The van der Waals surface area contributed by atoms with Crippen LogP contribution >= 0.6 is 0 Å². The lowest BCUT2D eigenvalue weighted by atomic mass is 9.98. The van der Waals surface area contributed by atoms with Crippen LogP contribution in [0.1, 0.15) is 38.8 Å². The third-order valence-corrected chi connectivity index (χ3v) is 3.77. The lowest BCUT2D eigenvalue weighted by Crippen LogP contribution is -2.40. The van der Waals surface area contributed by atoms with E-state index in [1.807, 2.05) is 0 Å². The lowest BCUT2D eigenvalue weighted by molar-refractivity contribution is 0.391. The van der Waals surface area contributed by atoms with Gasteiger partial charge in [0.25, 0.3) is 0 Å². The van der Waals surface area contributed by atoms with Gasteiger partial charge in [0.2, 0.25) is 0 Å². The number of nitrogens with zero attached hydrogens (tertiary/aromatic N) is 3. The van der Waals surface area contributed by atoms with Crippen molar-refractivity contribution in [2.24, 2.45) is 5.92 Å². The van der Waals surface area contributed by atoms with Gasteiger partial charge >= 0.3 is 0 Å². The van der Waals surface area contributed by atoms with Crippen LogP contribution in [0.15, 0.2) is 12.4 Å².